The van der Waals surface area contributed by atoms with Crippen molar-refractivity contribution in [2.45, 2.75) is 23.9 Å². The molecule has 2 aromatic heterocycles. The van der Waals surface area contributed by atoms with E-state index in [0.29, 0.717) is 16.6 Å². The SMILES string of the molecule is Cc1cc(S(=O)(=O)N(C)C)cc(NC(=O)CSc2nc3ncccn3n2)c1C. The number of aromatic nitrogens is 4. The van der Waals surface area contributed by atoms with Crippen LogP contribution in [-0.2, 0) is 14.8 Å². The van der Waals surface area contributed by atoms with Crippen molar-refractivity contribution in [2.24, 2.45) is 0 Å². The van der Waals surface area contributed by atoms with Crippen LogP contribution in [0.25, 0.3) is 5.78 Å². The maximum atomic E-state index is 12.4. The van der Waals surface area contributed by atoms with E-state index in [2.05, 4.69) is 20.4 Å². The van der Waals surface area contributed by atoms with Gasteiger partial charge in [0.15, 0.2) is 0 Å². The van der Waals surface area contributed by atoms with E-state index < -0.39 is 10.0 Å². The Hall–Kier alpha value is -2.50. The summed E-state index contributed by atoms with van der Waals surface area (Å²) in [7, 11) is -0.661. The van der Waals surface area contributed by atoms with Crippen LogP contribution in [0.3, 0.4) is 0 Å². The average molecular weight is 421 g/mol. The van der Waals surface area contributed by atoms with Crippen LogP contribution in [0.4, 0.5) is 5.69 Å². The first kappa shape index (κ1) is 20.2. The third kappa shape index (κ3) is 4.16. The Morgan fingerprint density at radius 1 is 1.29 bits per heavy atom. The fourth-order valence-corrected chi connectivity index (χ4v) is 4.05. The third-order valence-corrected chi connectivity index (χ3v) is 6.75. The van der Waals surface area contributed by atoms with Crippen molar-refractivity contribution >= 4 is 39.2 Å². The molecule has 3 rings (SSSR count). The van der Waals surface area contributed by atoms with Crippen LogP contribution in [-0.4, -0.2) is 58.1 Å². The van der Waals surface area contributed by atoms with E-state index in [0.717, 1.165) is 15.4 Å². The molecule has 1 aromatic carbocycles. The Labute approximate surface area is 167 Å². The van der Waals surface area contributed by atoms with Gasteiger partial charge >= 0.3 is 0 Å². The highest BCUT2D eigenvalue weighted by Gasteiger charge is 2.20. The topological polar surface area (TPSA) is 110 Å². The van der Waals surface area contributed by atoms with Gasteiger partial charge in [-0.2, -0.15) is 4.98 Å². The van der Waals surface area contributed by atoms with Crippen LogP contribution >= 0.6 is 11.8 Å². The molecule has 1 amide bonds. The van der Waals surface area contributed by atoms with E-state index in [9.17, 15) is 13.2 Å². The molecule has 0 atom stereocenters. The number of hydrogen-bond donors (Lipinski definition) is 1. The highest BCUT2D eigenvalue weighted by Crippen LogP contribution is 2.26. The summed E-state index contributed by atoms with van der Waals surface area (Å²) >= 11 is 1.18. The second-order valence-electron chi connectivity index (χ2n) is 6.30. The highest BCUT2D eigenvalue weighted by molar-refractivity contribution is 7.99. The molecule has 2 heterocycles. The number of rotatable bonds is 6. The minimum Gasteiger partial charge on any atom is -0.325 e. The number of carbonyl (C=O) groups is 1. The number of aryl methyl sites for hydroxylation is 1. The molecule has 0 spiro atoms. The Bertz CT molecular complexity index is 1110. The first-order valence-corrected chi connectivity index (χ1v) is 10.7. The molecule has 28 heavy (non-hydrogen) atoms. The summed E-state index contributed by atoms with van der Waals surface area (Å²) < 4.78 is 27.5. The number of nitrogens with one attached hydrogen (secondary N) is 1. The zero-order valence-electron chi connectivity index (χ0n) is 15.9. The minimum atomic E-state index is -3.60. The number of sulfonamides is 1. The summed E-state index contributed by atoms with van der Waals surface area (Å²) in [5.41, 5.74) is 2.06. The molecule has 0 aliphatic heterocycles. The van der Waals surface area contributed by atoms with Crippen molar-refractivity contribution in [1.29, 1.82) is 0 Å². The van der Waals surface area contributed by atoms with Gasteiger partial charge in [-0.3, -0.25) is 4.79 Å². The van der Waals surface area contributed by atoms with E-state index in [-0.39, 0.29) is 16.6 Å². The van der Waals surface area contributed by atoms with Crippen LogP contribution in [0.2, 0.25) is 0 Å². The molecule has 1 N–H and O–H groups in total. The standard InChI is InChI=1S/C17H20N6O3S2/c1-11-8-13(28(25,26)22(3)4)9-14(12(11)2)19-15(24)10-27-17-20-16-18-6-5-7-23(16)21-17/h5-9H,10H2,1-4H3,(H,19,24). The molecule has 0 saturated carbocycles. The Balaban J connectivity index is 1.75. The zero-order chi connectivity index (χ0) is 20.5. The maximum Gasteiger partial charge on any atom is 0.253 e. The molecular weight excluding hydrogens is 400 g/mol. The quantitative estimate of drug-likeness (QED) is 0.605. The molecule has 0 radical (unpaired) electrons. The Kier molecular flexibility index (Phi) is 5.68. The number of benzene rings is 1. The van der Waals surface area contributed by atoms with E-state index in [1.54, 1.807) is 24.5 Å². The predicted octanol–water partition coefficient (Wildman–Crippen LogP) is 1.72. The van der Waals surface area contributed by atoms with Crippen molar-refractivity contribution in [3.05, 3.63) is 41.7 Å². The zero-order valence-corrected chi connectivity index (χ0v) is 17.5. The van der Waals surface area contributed by atoms with Gasteiger partial charge in [-0.25, -0.2) is 22.2 Å². The van der Waals surface area contributed by atoms with Crippen molar-refractivity contribution in [2.75, 3.05) is 25.2 Å². The van der Waals surface area contributed by atoms with Gasteiger partial charge in [0.1, 0.15) is 0 Å². The van der Waals surface area contributed by atoms with Gasteiger partial charge in [-0.15, -0.1) is 5.10 Å². The van der Waals surface area contributed by atoms with Crippen LogP contribution in [0.1, 0.15) is 11.1 Å². The Morgan fingerprint density at radius 3 is 2.71 bits per heavy atom. The molecule has 148 valence electrons. The molecule has 0 aliphatic carbocycles. The number of carbonyl (C=O) groups excluding carboxylic acids is 1. The molecule has 0 aliphatic rings. The van der Waals surface area contributed by atoms with E-state index in [1.807, 2.05) is 13.8 Å². The number of fused-ring (bicyclic) bond motifs is 1. The molecule has 0 fully saturated rings. The lowest BCUT2D eigenvalue weighted by Gasteiger charge is -2.16. The Morgan fingerprint density at radius 2 is 2.04 bits per heavy atom. The summed E-state index contributed by atoms with van der Waals surface area (Å²) in [5.74, 6) is 0.261. The lowest BCUT2D eigenvalue weighted by Crippen LogP contribution is -2.23. The van der Waals surface area contributed by atoms with Gasteiger partial charge in [0.25, 0.3) is 5.78 Å². The first-order chi connectivity index (χ1) is 13.2. The lowest BCUT2D eigenvalue weighted by molar-refractivity contribution is -0.113. The lowest BCUT2D eigenvalue weighted by atomic mass is 10.1. The van der Waals surface area contributed by atoms with Gasteiger partial charge in [-0.1, -0.05) is 11.8 Å². The number of amides is 1. The van der Waals surface area contributed by atoms with E-state index in [1.165, 1.54) is 36.4 Å². The molecule has 3 aromatic rings. The number of anilines is 1. The number of thioether (sulfide) groups is 1. The molecule has 9 nitrogen and oxygen atoms in total. The third-order valence-electron chi connectivity index (χ3n) is 4.12. The molecule has 0 bridgehead atoms. The van der Waals surface area contributed by atoms with Crippen LogP contribution in [0, 0.1) is 13.8 Å². The van der Waals surface area contributed by atoms with Crippen LogP contribution in [0.15, 0.2) is 40.6 Å². The van der Waals surface area contributed by atoms with Crippen molar-refractivity contribution in [3.63, 3.8) is 0 Å². The van der Waals surface area contributed by atoms with E-state index >= 15 is 0 Å². The summed E-state index contributed by atoms with van der Waals surface area (Å²) in [6.07, 6.45) is 3.34. The van der Waals surface area contributed by atoms with Gasteiger partial charge in [0.05, 0.1) is 10.6 Å². The van der Waals surface area contributed by atoms with E-state index in [4.69, 9.17) is 0 Å². The van der Waals surface area contributed by atoms with Crippen LogP contribution < -0.4 is 5.32 Å². The molecular formula is C17H20N6O3S2. The summed E-state index contributed by atoms with van der Waals surface area (Å²) in [6, 6.07) is 4.82. The molecule has 0 unspecified atom stereocenters. The largest absolute Gasteiger partial charge is 0.325 e. The summed E-state index contributed by atoms with van der Waals surface area (Å²) in [5, 5.41) is 7.45. The highest BCUT2D eigenvalue weighted by atomic mass is 32.2. The van der Waals surface area contributed by atoms with Crippen molar-refractivity contribution in [1.82, 2.24) is 23.9 Å². The average Bonchev–Trinajstić information content (AvgIpc) is 3.06. The fraction of sp³-hybridized carbons (Fsp3) is 0.294. The maximum absolute atomic E-state index is 12.4. The molecule has 0 saturated heterocycles. The predicted molar refractivity (Wildman–Crippen MR) is 107 cm³/mol. The van der Waals surface area contributed by atoms with Crippen molar-refractivity contribution < 1.29 is 13.2 Å². The van der Waals surface area contributed by atoms with Crippen molar-refractivity contribution in [3.8, 4) is 0 Å². The number of nitrogens with zero attached hydrogens (tertiary/aromatic N) is 5. The fourth-order valence-electron chi connectivity index (χ4n) is 2.41. The van der Waals surface area contributed by atoms with Gasteiger partial charge in [-0.05, 0) is 43.2 Å². The van der Waals surface area contributed by atoms with Crippen LogP contribution in [0.5, 0.6) is 0 Å². The summed E-state index contributed by atoms with van der Waals surface area (Å²) in [6.45, 7) is 3.64. The van der Waals surface area contributed by atoms with Gasteiger partial charge in [0, 0.05) is 32.2 Å². The second-order valence-corrected chi connectivity index (χ2v) is 9.39. The van der Waals surface area contributed by atoms with Gasteiger partial charge < -0.3 is 5.32 Å². The second kappa shape index (κ2) is 7.86. The summed E-state index contributed by atoms with van der Waals surface area (Å²) in [4.78, 5) is 20.8. The smallest absolute Gasteiger partial charge is 0.253 e. The minimum absolute atomic E-state index is 0.0834. The normalized spacial score (nSPS) is 11.9. The monoisotopic (exact) mass is 420 g/mol. The van der Waals surface area contributed by atoms with Gasteiger partial charge in [0.2, 0.25) is 21.1 Å². The molecule has 11 heteroatoms. The number of hydrogen-bond acceptors (Lipinski definition) is 7. The first-order valence-electron chi connectivity index (χ1n) is 8.32.